The largest absolute Gasteiger partial charge is 0.369 e. The van der Waals surface area contributed by atoms with Crippen LogP contribution in [-0.4, -0.2) is 41.3 Å². The summed E-state index contributed by atoms with van der Waals surface area (Å²) in [5, 5.41) is 14.4. The maximum atomic E-state index is 6.07. The molecule has 98 valence electrons. The third-order valence-electron chi connectivity index (χ3n) is 2.72. The quantitative estimate of drug-likeness (QED) is 0.687. The van der Waals surface area contributed by atoms with Gasteiger partial charge in [0.25, 0.3) is 5.78 Å². The Morgan fingerprint density at radius 3 is 3.05 bits per heavy atom. The number of hydrogen-bond acceptors (Lipinski definition) is 6. The van der Waals surface area contributed by atoms with Gasteiger partial charge in [0, 0.05) is 18.5 Å². The van der Waals surface area contributed by atoms with Crippen LogP contribution < -0.4 is 5.32 Å². The lowest BCUT2D eigenvalue weighted by atomic mass is 10.3. The number of anilines is 1. The second-order valence-electron chi connectivity index (χ2n) is 3.96. The molecule has 0 aliphatic rings. The molecule has 0 saturated carbocycles. The molecule has 2 N–H and O–H groups in total. The van der Waals surface area contributed by atoms with Crippen molar-refractivity contribution >= 4 is 23.2 Å². The second-order valence-corrected chi connectivity index (χ2v) is 4.32. The second kappa shape index (κ2) is 4.81. The SMILES string of the molecule is Cc1c(Cl)nc2ncnn2c1NCCc1ncn[nH]1. The first kappa shape index (κ1) is 11.8. The van der Waals surface area contributed by atoms with Crippen LogP contribution in [0.25, 0.3) is 5.78 Å². The fourth-order valence-electron chi connectivity index (χ4n) is 1.76. The predicted molar refractivity (Wildman–Crippen MR) is 69.1 cm³/mol. The number of fused-ring (bicyclic) bond motifs is 1. The van der Waals surface area contributed by atoms with E-state index in [1.165, 1.54) is 12.7 Å². The average Bonchev–Trinajstić information content (AvgIpc) is 3.04. The number of rotatable bonds is 4. The molecular weight excluding hydrogens is 268 g/mol. The fourth-order valence-corrected chi connectivity index (χ4v) is 1.92. The highest BCUT2D eigenvalue weighted by atomic mass is 35.5. The molecule has 0 radical (unpaired) electrons. The lowest BCUT2D eigenvalue weighted by Crippen LogP contribution is -2.12. The van der Waals surface area contributed by atoms with E-state index in [0.717, 1.165) is 23.6 Å². The molecule has 3 heterocycles. The van der Waals surface area contributed by atoms with Crippen molar-refractivity contribution in [3.05, 3.63) is 29.2 Å². The number of hydrogen-bond donors (Lipinski definition) is 2. The summed E-state index contributed by atoms with van der Waals surface area (Å²) in [6.45, 7) is 2.55. The van der Waals surface area contributed by atoms with E-state index in [0.29, 0.717) is 17.5 Å². The van der Waals surface area contributed by atoms with E-state index < -0.39 is 0 Å². The summed E-state index contributed by atoms with van der Waals surface area (Å²) < 4.78 is 1.63. The summed E-state index contributed by atoms with van der Waals surface area (Å²) in [4.78, 5) is 12.2. The van der Waals surface area contributed by atoms with E-state index in [9.17, 15) is 0 Å². The first-order valence-corrected chi connectivity index (χ1v) is 6.07. The number of nitrogens with one attached hydrogen (secondary N) is 2. The molecule has 0 aliphatic carbocycles. The Morgan fingerprint density at radius 1 is 1.37 bits per heavy atom. The van der Waals surface area contributed by atoms with Crippen LogP contribution in [0, 0.1) is 6.92 Å². The predicted octanol–water partition coefficient (Wildman–Crippen LogP) is 0.859. The van der Waals surface area contributed by atoms with Crippen LogP contribution in [0.15, 0.2) is 12.7 Å². The molecule has 0 unspecified atom stereocenters. The van der Waals surface area contributed by atoms with E-state index >= 15 is 0 Å². The maximum Gasteiger partial charge on any atom is 0.255 e. The van der Waals surface area contributed by atoms with Gasteiger partial charge in [-0.15, -0.1) is 0 Å². The average molecular weight is 279 g/mol. The molecule has 3 aromatic rings. The standard InChI is InChI=1S/C10H11ClN8/c1-6-8(11)17-10-14-5-16-19(10)9(6)12-3-2-7-13-4-15-18-7/h4-5,12H,2-3H2,1H3,(H,13,15,18). The van der Waals surface area contributed by atoms with Gasteiger partial charge < -0.3 is 5.32 Å². The third-order valence-corrected chi connectivity index (χ3v) is 3.09. The molecule has 0 atom stereocenters. The highest BCUT2D eigenvalue weighted by Gasteiger charge is 2.11. The number of halogens is 1. The van der Waals surface area contributed by atoms with Crippen molar-refractivity contribution in [3.8, 4) is 0 Å². The fraction of sp³-hybridized carbons (Fsp3) is 0.300. The van der Waals surface area contributed by atoms with Crippen molar-refractivity contribution in [2.75, 3.05) is 11.9 Å². The highest BCUT2D eigenvalue weighted by Crippen LogP contribution is 2.21. The van der Waals surface area contributed by atoms with Gasteiger partial charge in [0.1, 0.15) is 29.5 Å². The minimum Gasteiger partial charge on any atom is -0.369 e. The minimum absolute atomic E-state index is 0.419. The van der Waals surface area contributed by atoms with Crippen molar-refractivity contribution in [1.29, 1.82) is 0 Å². The molecule has 0 saturated heterocycles. The van der Waals surface area contributed by atoms with Crippen molar-refractivity contribution < 1.29 is 0 Å². The summed E-state index contributed by atoms with van der Waals surface area (Å²) in [6.07, 6.45) is 3.65. The van der Waals surface area contributed by atoms with Gasteiger partial charge in [-0.05, 0) is 6.92 Å². The van der Waals surface area contributed by atoms with E-state index in [1.807, 2.05) is 6.92 Å². The zero-order valence-electron chi connectivity index (χ0n) is 10.1. The van der Waals surface area contributed by atoms with Crippen LogP contribution in [0.4, 0.5) is 5.82 Å². The lowest BCUT2D eigenvalue weighted by molar-refractivity contribution is 0.869. The van der Waals surface area contributed by atoms with E-state index in [1.54, 1.807) is 4.52 Å². The zero-order chi connectivity index (χ0) is 13.2. The summed E-state index contributed by atoms with van der Waals surface area (Å²) in [7, 11) is 0. The van der Waals surface area contributed by atoms with E-state index in [4.69, 9.17) is 11.6 Å². The Hall–Kier alpha value is -2.22. The van der Waals surface area contributed by atoms with Crippen LogP contribution >= 0.6 is 11.6 Å². The van der Waals surface area contributed by atoms with Crippen LogP contribution in [0.3, 0.4) is 0 Å². The number of H-pyrrole nitrogens is 1. The van der Waals surface area contributed by atoms with Crippen molar-refractivity contribution in [1.82, 2.24) is 34.8 Å². The molecule has 0 spiro atoms. The van der Waals surface area contributed by atoms with Gasteiger partial charge in [-0.2, -0.15) is 24.7 Å². The first-order valence-electron chi connectivity index (χ1n) is 5.69. The molecule has 0 fully saturated rings. The lowest BCUT2D eigenvalue weighted by Gasteiger charge is -2.10. The summed E-state index contributed by atoms with van der Waals surface area (Å²) in [5.74, 6) is 2.07. The number of aromatic amines is 1. The smallest absolute Gasteiger partial charge is 0.255 e. The molecule has 19 heavy (non-hydrogen) atoms. The molecule has 0 bridgehead atoms. The molecular formula is C10H11ClN8. The summed E-state index contributed by atoms with van der Waals surface area (Å²) in [5.41, 5.74) is 0.831. The maximum absolute atomic E-state index is 6.07. The molecule has 3 rings (SSSR count). The van der Waals surface area contributed by atoms with E-state index in [-0.39, 0.29) is 0 Å². The molecule has 0 amide bonds. The topological polar surface area (TPSA) is 96.7 Å². The van der Waals surface area contributed by atoms with Gasteiger partial charge in [0.05, 0.1) is 0 Å². The van der Waals surface area contributed by atoms with Gasteiger partial charge in [-0.25, -0.2) is 4.98 Å². The van der Waals surface area contributed by atoms with Crippen LogP contribution in [0.2, 0.25) is 5.15 Å². The highest BCUT2D eigenvalue weighted by molar-refractivity contribution is 6.30. The Labute approximate surface area is 113 Å². The van der Waals surface area contributed by atoms with Gasteiger partial charge in [-0.1, -0.05) is 11.6 Å². The Balaban J connectivity index is 1.83. The monoisotopic (exact) mass is 278 g/mol. The molecule has 0 aliphatic heterocycles. The zero-order valence-corrected chi connectivity index (χ0v) is 10.9. The summed E-state index contributed by atoms with van der Waals surface area (Å²) in [6, 6.07) is 0. The van der Waals surface area contributed by atoms with Crippen LogP contribution in [0.5, 0.6) is 0 Å². The van der Waals surface area contributed by atoms with Crippen LogP contribution in [0.1, 0.15) is 11.4 Å². The molecule has 3 aromatic heterocycles. The Kier molecular flexibility index (Phi) is 3.00. The number of nitrogens with zero attached hydrogens (tertiary/aromatic N) is 6. The minimum atomic E-state index is 0.419. The van der Waals surface area contributed by atoms with E-state index in [2.05, 4.69) is 35.6 Å². The van der Waals surface area contributed by atoms with Gasteiger partial charge in [-0.3, -0.25) is 5.10 Å². The van der Waals surface area contributed by atoms with Crippen molar-refractivity contribution in [2.24, 2.45) is 0 Å². The van der Waals surface area contributed by atoms with Gasteiger partial charge >= 0.3 is 0 Å². The van der Waals surface area contributed by atoms with Gasteiger partial charge in [0.2, 0.25) is 0 Å². The third kappa shape index (κ3) is 2.22. The number of aromatic nitrogens is 7. The molecule has 8 nitrogen and oxygen atoms in total. The van der Waals surface area contributed by atoms with Crippen molar-refractivity contribution in [2.45, 2.75) is 13.3 Å². The van der Waals surface area contributed by atoms with Gasteiger partial charge in [0.15, 0.2) is 0 Å². The Morgan fingerprint density at radius 2 is 2.26 bits per heavy atom. The molecule has 0 aromatic carbocycles. The van der Waals surface area contributed by atoms with Crippen molar-refractivity contribution in [3.63, 3.8) is 0 Å². The normalized spacial score (nSPS) is 11.1. The Bertz CT molecular complexity index is 689. The molecule has 9 heteroatoms. The summed E-state index contributed by atoms with van der Waals surface area (Å²) >= 11 is 6.07. The first-order chi connectivity index (χ1) is 9.25. The van der Waals surface area contributed by atoms with Crippen LogP contribution in [-0.2, 0) is 6.42 Å².